The molecule has 1 heterocycles. The summed E-state index contributed by atoms with van der Waals surface area (Å²) in [6.07, 6.45) is -1.84. The number of benzene rings is 1. The zero-order valence-electron chi connectivity index (χ0n) is 12.6. The van der Waals surface area contributed by atoms with Gasteiger partial charge >= 0.3 is 12.2 Å². The summed E-state index contributed by atoms with van der Waals surface area (Å²) < 4.78 is 38.4. The Morgan fingerprint density at radius 1 is 1.22 bits per heavy atom. The van der Waals surface area contributed by atoms with Gasteiger partial charge in [-0.05, 0) is 42.9 Å². The standard InChI is InChI=1S/C16H17F3N2O2/c1-9-5-6-10(7-9)13-14(22)21(15(23)20-13)12-4-2-3-11(8-12)16(17,18)19/h2-4,8-10,13H,5-7H2,1H3,(H,20,23)/t9?,10?,13-/m0/s1. The monoisotopic (exact) mass is 326 g/mol. The number of nitrogens with zero attached hydrogens (tertiary/aromatic N) is 1. The number of hydrogen-bond acceptors (Lipinski definition) is 2. The molecule has 1 aliphatic carbocycles. The first-order valence-corrected chi connectivity index (χ1v) is 7.59. The number of halogens is 3. The van der Waals surface area contributed by atoms with Crippen molar-refractivity contribution in [3.63, 3.8) is 0 Å². The Labute approximate surface area is 131 Å². The number of anilines is 1. The molecule has 1 saturated heterocycles. The van der Waals surface area contributed by atoms with Crippen LogP contribution < -0.4 is 10.2 Å². The van der Waals surface area contributed by atoms with Gasteiger partial charge in [-0.15, -0.1) is 0 Å². The van der Waals surface area contributed by atoms with Gasteiger partial charge in [0, 0.05) is 0 Å². The molecule has 2 aliphatic rings. The van der Waals surface area contributed by atoms with Gasteiger partial charge in [0.2, 0.25) is 0 Å². The first-order chi connectivity index (χ1) is 10.8. The van der Waals surface area contributed by atoms with Crippen LogP contribution in [0.5, 0.6) is 0 Å². The van der Waals surface area contributed by atoms with E-state index in [1.807, 2.05) is 0 Å². The number of rotatable bonds is 2. The third-order valence-electron chi connectivity index (χ3n) is 4.61. The van der Waals surface area contributed by atoms with Gasteiger partial charge in [0.1, 0.15) is 6.04 Å². The highest BCUT2D eigenvalue weighted by atomic mass is 19.4. The molecule has 3 atom stereocenters. The van der Waals surface area contributed by atoms with Crippen molar-refractivity contribution in [3.8, 4) is 0 Å². The third-order valence-corrected chi connectivity index (χ3v) is 4.61. The van der Waals surface area contributed by atoms with E-state index in [2.05, 4.69) is 12.2 Å². The van der Waals surface area contributed by atoms with E-state index in [1.165, 1.54) is 12.1 Å². The zero-order valence-corrected chi connectivity index (χ0v) is 12.6. The molecule has 0 bridgehead atoms. The van der Waals surface area contributed by atoms with Gasteiger partial charge in [-0.25, -0.2) is 9.69 Å². The Kier molecular flexibility index (Phi) is 3.82. The maximum absolute atomic E-state index is 12.8. The second kappa shape index (κ2) is 5.54. The Hall–Kier alpha value is -2.05. The molecule has 1 aromatic carbocycles. The van der Waals surface area contributed by atoms with Crippen LogP contribution >= 0.6 is 0 Å². The number of imide groups is 1. The zero-order chi connectivity index (χ0) is 16.8. The summed E-state index contributed by atoms with van der Waals surface area (Å²) in [4.78, 5) is 25.5. The molecule has 1 saturated carbocycles. The van der Waals surface area contributed by atoms with Crippen LogP contribution in [0.4, 0.5) is 23.7 Å². The second-order valence-electron chi connectivity index (χ2n) is 6.33. The molecule has 4 nitrogen and oxygen atoms in total. The van der Waals surface area contributed by atoms with Crippen molar-refractivity contribution in [1.82, 2.24) is 5.32 Å². The number of carbonyl (C=O) groups excluding carboxylic acids is 2. The highest BCUT2D eigenvalue weighted by Gasteiger charge is 2.45. The molecular formula is C16H17F3N2O2. The van der Waals surface area contributed by atoms with Crippen molar-refractivity contribution in [1.29, 1.82) is 0 Å². The van der Waals surface area contributed by atoms with E-state index in [1.54, 1.807) is 0 Å². The largest absolute Gasteiger partial charge is 0.416 e. The molecule has 1 aromatic rings. The highest BCUT2D eigenvalue weighted by Crippen LogP contribution is 2.36. The van der Waals surface area contributed by atoms with Crippen LogP contribution in [0.3, 0.4) is 0 Å². The number of alkyl halides is 3. The number of amides is 3. The van der Waals surface area contributed by atoms with Crippen molar-refractivity contribution < 1.29 is 22.8 Å². The van der Waals surface area contributed by atoms with Gasteiger partial charge in [-0.2, -0.15) is 13.2 Å². The lowest BCUT2D eigenvalue weighted by Gasteiger charge is -2.17. The molecular weight excluding hydrogens is 309 g/mol. The summed E-state index contributed by atoms with van der Waals surface area (Å²) >= 11 is 0. The molecule has 1 N–H and O–H groups in total. The lowest BCUT2D eigenvalue weighted by molar-refractivity contribution is -0.137. The first kappa shape index (κ1) is 15.8. The topological polar surface area (TPSA) is 49.4 Å². The van der Waals surface area contributed by atoms with Crippen LogP contribution in [0.25, 0.3) is 0 Å². The van der Waals surface area contributed by atoms with Gasteiger partial charge in [-0.3, -0.25) is 4.79 Å². The summed E-state index contributed by atoms with van der Waals surface area (Å²) in [5.41, 5.74) is -0.926. The third kappa shape index (κ3) is 2.92. The maximum atomic E-state index is 12.8. The van der Waals surface area contributed by atoms with Crippen molar-refractivity contribution in [3.05, 3.63) is 29.8 Å². The van der Waals surface area contributed by atoms with Gasteiger partial charge in [0.25, 0.3) is 5.91 Å². The molecule has 124 valence electrons. The van der Waals surface area contributed by atoms with Crippen LogP contribution in [0.2, 0.25) is 0 Å². The normalized spacial score (nSPS) is 28.3. The van der Waals surface area contributed by atoms with Gasteiger partial charge in [0.05, 0.1) is 11.3 Å². The molecule has 0 radical (unpaired) electrons. The lowest BCUT2D eigenvalue weighted by atomic mass is 9.97. The molecule has 2 unspecified atom stereocenters. The Morgan fingerprint density at radius 2 is 1.96 bits per heavy atom. The summed E-state index contributed by atoms with van der Waals surface area (Å²) in [5.74, 6) is 0.0815. The van der Waals surface area contributed by atoms with E-state index in [4.69, 9.17) is 0 Å². The molecule has 23 heavy (non-hydrogen) atoms. The molecule has 3 amide bonds. The Bertz CT molecular complexity index is 644. The van der Waals surface area contributed by atoms with E-state index < -0.39 is 29.7 Å². The molecule has 2 fully saturated rings. The fourth-order valence-electron chi connectivity index (χ4n) is 3.44. The Balaban J connectivity index is 1.86. The smallest absolute Gasteiger partial charge is 0.325 e. The molecule has 0 spiro atoms. The van der Waals surface area contributed by atoms with Crippen molar-refractivity contribution in [2.45, 2.75) is 38.4 Å². The summed E-state index contributed by atoms with van der Waals surface area (Å²) in [7, 11) is 0. The van der Waals surface area contributed by atoms with E-state index in [0.717, 1.165) is 36.3 Å². The average Bonchev–Trinajstić information content (AvgIpc) is 3.02. The predicted molar refractivity (Wildman–Crippen MR) is 77.8 cm³/mol. The minimum absolute atomic E-state index is 0.0455. The van der Waals surface area contributed by atoms with Crippen LogP contribution in [-0.4, -0.2) is 18.0 Å². The van der Waals surface area contributed by atoms with Gasteiger partial charge in [0.15, 0.2) is 0 Å². The maximum Gasteiger partial charge on any atom is 0.416 e. The molecule has 0 aromatic heterocycles. The highest BCUT2D eigenvalue weighted by molar-refractivity contribution is 6.21. The number of carbonyl (C=O) groups is 2. The summed E-state index contributed by atoms with van der Waals surface area (Å²) in [5, 5.41) is 2.63. The Morgan fingerprint density at radius 3 is 2.57 bits per heavy atom. The second-order valence-corrected chi connectivity index (χ2v) is 6.33. The lowest BCUT2D eigenvalue weighted by Crippen LogP contribution is -2.36. The summed E-state index contributed by atoms with van der Waals surface area (Å²) in [6, 6.07) is 2.99. The van der Waals surface area contributed by atoms with E-state index in [9.17, 15) is 22.8 Å². The van der Waals surface area contributed by atoms with Crippen LogP contribution in [0.15, 0.2) is 24.3 Å². The summed E-state index contributed by atoms with van der Waals surface area (Å²) in [6.45, 7) is 2.09. The van der Waals surface area contributed by atoms with Gasteiger partial charge < -0.3 is 5.32 Å². The van der Waals surface area contributed by atoms with E-state index >= 15 is 0 Å². The van der Waals surface area contributed by atoms with E-state index in [-0.39, 0.29) is 11.6 Å². The van der Waals surface area contributed by atoms with Gasteiger partial charge in [-0.1, -0.05) is 19.4 Å². The SMILES string of the molecule is CC1CCC([C@@H]2NC(=O)N(c3cccc(C(F)(F)F)c3)C2=O)C1. The molecule has 1 aliphatic heterocycles. The molecule has 7 heteroatoms. The molecule has 3 rings (SSSR count). The number of hydrogen-bond donors (Lipinski definition) is 1. The number of urea groups is 1. The average molecular weight is 326 g/mol. The van der Waals surface area contributed by atoms with E-state index in [0.29, 0.717) is 5.92 Å². The quantitative estimate of drug-likeness (QED) is 0.845. The fraction of sp³-hybridized carbons (Fsp3) is 0.500. The fourth-order valence-corrected chi connectivity index (χ4v) is 3.44. The van der Waals surface area contributed by atoms with Crippen molar-refractivity contribution in [2.75, 3.05) is 4.90 Å². The minimum atomic E-state index is -4.52. The van der Waals surface area contributed by atoms with Crippen LogP contribution in [-0.2, 0) is 11.0 Å². The first-order valence-electron chi connectivity index (χ1n) is 7.59. The predicted octanol–water partition coefficient (Wildman–Crippen LogP) is 3.57. The van der Waals surface area contributed by atoms with Crippen LogP contribution in [0.1, 0.15) is 31.7 Å². The number of nitrogens with one attached hydrogen (secondary N) is 1. The van der Waals surface area contributed by atoms with Crippen molar-refractivity contribution >= 4 is 17.6 Å². The van der Waals surface area contributed by atoms with Crippen molar-refractivity contribution in [2.24, 2.45) is 11.8 Å². The minimum Gasteiger partial charge on any atom is -0.325 e. The van der Waals surface area contributed by atoms with Crippen LogP contribution in [0, 0.1) is 11.8 Å².